The molecule has 1 saturated heterocycles. The molecule has 1 aromatic carbocycles. The van der Waals surface area contributed by atoms with Gasteiger partial charge in [-0.1, -0.05) is 0 Å². The smallest absolute Gasteiger partial charge is 0.318 e. The number of hydrogen-bond donors (Lipinski definition) is 2. The zero-order valence-corrected chi connectivity index (χ0v) is 15.2. The molecule has 7 nitrogen and oxygen atoms in total. The maximum absolute atomic E-state index is 13.0. The van der Waals surface area contributed by atoms with Crippen molar-refractivity contribution in [2.45, 2.75) is 19.5 Å². The van der Waals surface area contributed by atoms with Gasteiger partial charge < -0.3 is 24.9 Å². The van der Waals surface area contributed by atoms with E-state index >= 15 is 0 Å². The molecule has 1 aromatic heterocycles. The third kappa shape index (κ3) is 4.99. The number of hydrogen-bond acceptors (Lipinski definition) is 4. The molecule has 0 spiro atoms. The van der Waals surface area contributed by atoms with Crippen LogP contribution in [0.15, 0.2) is 47.1 Å². The molecule has 0 unspecified atom stereocenters. The van der Waals surface area contributed by atoms with Crippen LogP contribution in [0.2, 0.25) is 0 Å². The van der Waals surface area contributed by atoms with Crippen LogP contribution in [0, 0.1) is 5.82 Å². The summed E-state index contributed by atoms with van der Waals surface area (Å²) < 4.78 is 18.2. The van der Waals surface area contributed by atoms with E-state index in [0.717, 1.165) is 5.69 Å². The summed E-state index contributed by atoms with van der Waals surface area (Å²) in [7, 11) is 0. The summed E-state index contributed by atoms with van der Waals surface area (Å²) in [6.07, 6.45) is 1.54. The van der Waals surface area contributed by atoms with Crippen LogP contribution in [0.3, 0.4) is 0 Å². The van der Waals surface area contributed by atoms with Crippen LogP contribution < -0.4 is 15.5 Å². The molecule has 2 heterocycles. The first-order valence-corrected chi connectivity index (χ1v) is 8.89. The lowest BCUT2D eigenvalue weighted by atomic mass is 10.2. The van der Waals surface area contributed by atoms with Crippen molar-refractivity contribution >= 4 is 17.6 Å². The summed E-state index contributed by atoms with van der Waals surface area (Å²) in [5, 5.41) is 5.44. The maximum Gasteiger partial charge on any atom is 0.318 e. The highest BCUT2D eigenvalue weighted by molar-refractivity contribution is 5.86. The first-order valence-electron chi connectivity index (χ1n) is 8.89. The average molecular weight is 374 g/mol. The molecule has 2 aromatic rings. The first kappa shape index (κ1) is 18.8. The normalized spacial score (nSPS) is 15.3. The van der Waals surface area contributed by atoms with Crippen LogP contribution in [0.1, 0.15) is 12.7 Å². The van der Waals surface area contributed by atoms with E-state index < -0.39 is 6.04 Å². The lowest BCUT2D eigenvalue weighted by Gasteiger charge is -2.36. The largest absolute Gasteiger partial charge is 0.467 e. The van der Waals surface area contributed by atoms with E-state index in [1.54, 1.807) is 36.1 Å². The summed E-state index contributed by atoms with van der Waals surface area (Å²) in [5.41, 5.74) is 0.933. The molecule has 8 heteroatoms. The molecule has 1 aliphatic heterocycles. The van der Waals surface area contributed by atoms with Crippen LogP contribution in [-0.2, 0) is 11.3 Å². The van der Waals surface area contributed by atoms with E-state index in [1.807, 2.05) is 0 Å². The van der Waals surface area contributed by atoms with Crippen molar-refractivity contribution in [1.29, 1.82) is 0 Å². The Morgan fingerprint density at radius 2 is 1.85 bits per heavy atom. The number of rotatable bonds is 5. The second-order valence-corrected chi connectivity index (χ2v) is 6.42. The standard InChI is InChI=1S/C19H23FN4O3/c1-14(18(25)21-13-17-3-2-12-27-17)22-19(26)24-10-8-23(9-11-24)16-6-4-15(20)5-7-16/h2-7,12,14H,8-11,13H2,1H3,(H,21,25)(H,22,26)/t14-/m1/s1. The Hall–Kier alpha value is -3.03. The third-order valence-electron chi connectivity index (χ3n) is 4.51. The van der Waals surface area contributed by atoms with Crippen molar-refractivity contribution in [1.82, 2.24) is 15.5 Å². The number of benzene rings is 1. The Morgan fingerprint density at radius 1 is 1.15 bits per heavy atom. The summed E-state index contributed by atoms with van der Waals surface area (Å²) >= 11 is 0. The molecule has 3 rings (SSSR count). The molecule has 1 fully saturated rings. The number of carbonyl (C=O) groups excluding carboxylic acids is 2. The summed E-state index contributed by atoms with van der Waals surface area (Å²) in [5.74, 6) is 0.111. The lowest BCUT2D eigenvalue weighted by molar-refractivity contribution is -0.122. The van der Waals surface area contributed by atoms with Gasteiger partial charge in [0.25, 0.3) is 0 Å². The third-order valence-corrected chi connectivity index (χ3v) is 4.51. The molecular formula is C19H23FN4O3. The predicted molar refractivity (Wildman–Crippen MR) is 98.7 cm³/mol. The van der Waals surface area contributed by atoms with Crippen LogP contribution >= 0.6 is 0 Å². The van der Waals surface area contributed by atoms with Gasteiger partial charge in [-0.25, -0.2) is 9.18 Å². The number of nitrogens with one attached hydrogen (secondary N) is 2. The highest BCUT2D eigenvalue weighted by atomic mass is 19.1. The highest BCUT2D eigenvalue weighted by Crippen LogP contribution is 2.16. The van der Waals surface area contributed by atoms with Crippen molar-refractivity contribution in [3.63, 3.8) is 0 Å². The van der Waals surface area contributed by atoms with Crippen molar-refractivity contribution in [3.05, 3.63) is 54.2 Å². The number of piperazine rings is 1. The van der Waals surface area contributed by atoms with Crippen LogP contribution in [0.5, 0.6) is 0 Å². The van der Waals surface area contributed by atoms with Crippen molar-refractivity contribution in [2.24, 2.45) is 0 Å². The molecule has 1 atom stereocenters. The second-order valence-electron chi connectivity index (χ2n) is 6.42. The second kappa shape index (κ2) is 8.57. The Balaban J connectivity index is 1.43. The van der Waals surface area contributed by atoms with Crippen molar-refractivity contribution < 1.29 is 18.4 Å². The minimum Gasteiger partial charge on any atom is -0.467 e. The Bertz CT molecular complexity index is 756. The number of furan rings is 1. The molecule has 0 saturated carbocycles. The van der Waals surface area contributed by atoms with E-state index in [4.69, 9.17) is 4.42 Å². The van der Waals surface area contributed by atoms with Gasteiger partial charge in [-0.3, -0.25) is 4.79 Å². The van der Waals surface area contributed by atoms with Gasteiger partial charge in [0.2, 0.25) is 5.91 Å². The molecule has 1 aliphatic rings. The quantitative estimate of drug-likeness (QED) is 0.839. The Morgan fingerprint density at radius 3 is 2.48 bits per heavy atom. The van der Waals surface area contributed by atoms with Gasteiger partial charge in [0.1, 0.15) is 17.6 Å². The molecular weight excluding hydrogens is 351 g/mol. The van der Waals surface area contributed by atoms with Crippen molar-refractivity contribution in [3.8, 4) is 0 Å². The minimum absolute atomic E-state index is 0.268. The van der Waals surface area contributed by atoms with Gasteiger partial charge in [0.05, 0.1) is 12.8 Å². The van der Waals surface area contributed by atoms with Gasteiger partial charge in [0, 0.05) is 31.9 Å². The Kier molecular flexibility index (Phi) is 5.95. The zero-order chi connectivity index (χ0) is 19.2. The van der Waals surface area contributed by atoms with Crippen LogP contribution in [0.25, 0.3) is 0 Å². The maximum atomic E-state index is 13.0. The number of urea groups is 1. The van der Waals surface area contributed by atoms with Gasteiger partial charge in [-0.05, 0) is 43.3 Å². The fourth-order valence-corrected chi connectivity index (χ4v) is 2.90. The molecule has 0 bridgehead atoms. The van der Waals surface area contributed by atoms with Crippen LogP contribution in [0.4, 0.5) is 14.9 Å². The fourth-order valence-electron chi connectivity index (χ4n) is 2.90. The Labute approximate surface area is 157 Å². The van der Waals surface area contributed by atoms with Gasteiger partial charge in [-0.2, -0.15) is 0 Å². The van der Waals surface area contributed by atoms with Gasteiger partial charge in [-0.15, -0.1) is 0 Å². The minimum atomic E-state index is -0.650. The van der Waals surface area contributed by atoms with Crippen LogP contribution in [-0.4, -0.2) is 49.1 Å². The van der Waals surface area contributed by atoms with Gasteiger partial charge >= 0.3 is 6.03 Å². The number of carbonyl (C=O) groups is 2. The van der Waals surface area contributed by atoms with Crippen molar-refractivity contribution in [2.75, 3.05) is 31.1 Å². The monoisotopic (exact) mass is 374 g/mol. The first-order chi connectivity index (χ1) is 13.0. The molecule has 0 aliphatic carbocycles. The number of anilines is 1. The molecule has 0 radical (unpaired) electrons. The average Bonchev–Trinajstić information content (AvgIpc) is 3.20. The fraction of sp³-hybridized carbons (Fsp3) is 0.368. The SMILES string of the molecule is C[C@@H](NC(=O)N1CCN(c2ccc(F)cc2)CC1)C(=O)NCc1ccco1. The summed E-state index contributed by atoms with van der Waals surface area (Å²) in [6, 6.07) is 8.92. The lowest BCUT2D eigenvalue weighted by Crippen LogP contribution is -2.55. The predicted octanol–water partition coefficient (Wildman–Crippen LogP) is 1.96. The number of nitrogens with zero attached hydrogens (tertiary/aromatic N) is 2. The molecule has 144 valence electrons. The van der Waals surface area contributed by atoms with E-state index in [-0.39, 0.29) is 24.3 Å². The summed E-state index contributed by atoms with van der Waals surface area (Å²) in [4.78, 5) is 28.3. The zero-order valence-electron chi connectivity index (χ0n) is 15.2. The topological polar surface area (TPSA) is 77.8 Å². The van der Waals surface area contributed by atoms with E-state index in [2.05, 4.69) is 15.5 Å². The molecule has 2 N–H and O–H groups in total. The molecule has 3 amide bonds. The van der Waals surface area contributed by atoms with Gasteiger partial charge in [0.15, 0.2) is 0 Å². The van der Waals surface area contributed by atoms with E-state index in [0.29, 0.717) is 31.9 Å². The number of halogens is 1. The molecule has 27 heavy (non-hydrogen) atoms. The number of amides is 3. The van der Waals surface area contributed by atoms with E-state index in [1.165, 1.54) is 18.4 Å². The van der Waals surface area contributed by atoms with E-state index in [9.17, 15) is 14.0 Å². The summed E-state index contributed by atoms with van der Waals surface area (Å²) in [6.45, 7) is 4.29. The highest BCUT2D eigenvalue weighted by Gasteiger charge is 2.24.